The lowest BCUT2D eigenvalue weighted by Gasteiger charge is -2.38. The minimum absolute atomic E-state index is 0.0387. The van der Waals surface area contributed by atoms with Gasteiger partial charge in [-0.25, -0.2) is 0 Å². The van der Waals surface area contributed by atoms with Crippen LogP contribution >= 0.6 is 0 Å². The van der Waals surface area contributed by atoms with Gasteiger partial charge in [0.15, 0.2) is 0 Å². The predicted molar refractivity (Wildman–Crippen MR) is 118 cm³/mol. The SMILES string of the molecule is COc1ccc(-c2cc(C(=O)N3CCN([C@H](C)c4ccccc4)CC3)n(C)n2)cc1. The minimum atomic E-state index is 0.0387. The molecule has 0 aliphatic carbocycles. The molecule has 0 bridgehead atoms. The number of hydrogen-bond acceptors (Lipinski definition) is 4. The third kappa shape index (κ3) is 4.09. The van der Waals surface area contributed by atoms with E-state index in [0.717, 1.165) is 43.2 Å². The van der Waals surface area contributed by atoms with Crippen molar-refractivity contribution in [2.75, 3.05) is 33.3 Å². The highest BCUT2D eigenvalue weighted by Gasteiger charge is 2.27. The molecule has 1 amide bonds. The molecule has 0 unspecified atom stereocenters. The van der Waals surface area contributed by atoms with Gasteiger partial charge in [-0.05, 0) is 42.8 Å². The highest BCUT2D eigenvalue weighted by molar-refractivity contribution is 5.93. The second-order valence-corrected chi connectivity index (χ2v) is 7.68. The zero-order valence-corrected chi connectivity index (χ0v) is 17.8. The zero-order valence-electron chi connectivity index (χ0n) is 17.8. The maximum absolute atomic E-state index is 13.1. The van der Waals surface area contributed by atoms with Gasteiger partial charge in [-0.2, -0.15) is 5.10 Å². The van der Waals surface area contributed by atoms with E-state index in [1.165, 1.54) is 5.56 Å². The van der Waals surface area contributed by atoms with Crippen molar-refractivity contribution in [1.29, 1.82) is 0 Å². The third-order valence-electron chi connectivity index (χ3n) is 5.92. The normalized spacial score (nSPS) is 15.8. The van der Waals surface area contributed by atoms with E-state index in [0.29, 0.717) is 11.7 Å². The maximum atomic E-state index is 13.1. The van der Waals surface area contributed by atoms with E-state index < -0.39 is 0 Å². The summed E-state index contributed by atoms with van der Waals surface area (Å²) in [4.78, 5) is 17.5. The molecule has 2 heterocycles. The van der Waals surface area contributed by atoms with Crippen molar-refractivity contribution >= 4 is 5.91 Å². The number of nitrogens with zero attached hydrogens (tertiary/aromatic N) is 4. The van der Waals surface area contributed by atoms with Gasteiger partial charge in [-0.15, -0.1) is 0 Å². The molecule has 0 N–H and O–H groups in total. The molecule has 6 heteroatoms. The van der Waals surface area contributed by atoms with Gasteiger partial charge in [-0.3, -0.25) is 14.4 Å². The Morgan fingerprint density at radius 2 is 1.67 bits per heavy atom. The smallest absolute Gasteiger partial charge is 0.272 e. The summed E-state index contributed by atoms with van der Waals surface area (Å²) in [6, 6.07) is 20.5. The average Bonchev–Trinajstić information content (AvgIpc) is 3.20. The second kappa shape index (κ2) is 8.71. The first-order valence-corrected chi connectivity index (χ1v) is 10.3. The molecule has 30 heavy (non-hydrogen) atoms. The first-order chi connectivity index (χ1) is 14.6. The standard InChI is InChI=1S/C24H28N4O2/c1-18(19-7-5-4-6-8-19)27-13-15-28(16-14-27)24(29)23-17-22(25-26(23)2)20-9-11-21(30-3)12-10-20/h4-12,17-18H,13-16H2,1-3H3/t18-/m1/s1. The molecular formula is C24H28N4O2. The van der Waals surface area contributed by atoms with E-state index in [2.05, 4.69) is 41.2 Å². The molecule has 1 aliphatic heterocycles. The Morgan fingerprint density at radius 1 is 1.00 bits per heavy atom. The number of piperazine rings is 1. The van der Waals surface area contributed by atoms with Gasteiger partial charge in [0, 0.05) is 44.8 Å². The Bertz CT molecular complexity index is 990. The fourth-order valence-corrected chi connectivity index (χ4v) is 3.99. The van der Waals surface area contributed by atoms with Crippen LogP contribution in [0.5, 0.6) is 5.75 Å². The van der Waals surface area contributed by atoms with Crippen molar-refractivity contribution in [1.82, 2.24) is 19.6 Å². The van der Waals surface area contributed by atoms with Crippen molar-refractivity contribution in [3.63, 3.8) is 0 Å². The number of amides is 1. The van der Waals surface area contributed by atoms with Crippen LogP contribution in [0, 0.1) is 0 Å². The summed E-state index contributed by atoms with van der Waals surface area (Å²) in [7, 11) is 3.47. The Balaban J connectivity index is 1.42. The lowest BCUT2D eigenvalue weighted by Crippen LogP contribution is -2.49. The van der Waals surface area contributed by atoms with Crippen LogP contribution in [-0.4, -0.2) is 58.8 Å². The van der Waals surface area contributed by atoms with E-state index >= 15 is 0 Å². The van der Waals surface area contributed by atoms with Crippen LogP contribution < -0.4 is 4.74 Å². The van der Waals surface area contributed by atoms with Crippen molar-refractivity contribution in [3.8, 4) is 17.0 Å². The number of benzene rings is 2. The quantitative estimate of drug-likeness (QED) is 0.652. The predicted octanol–water partition coefficient (Wildman–Crippen LogP) is 3.61. The molecule has 1 fully saturated rings. The molecule has 2 aromatic carbocycles. The number of ether oxygens (including phenoxy) is 1. The van der Waals surface area contributed by atoms with Gasteiger partial charge in [0.05, 0.1) is 12.8 Å². The van der Waals surface area contributed by atoms with Crippen LogP contribution in [0.25, 0.3) is 11.3 Å². The van der Waals surface area contributed by atoms with Crippen molar-refractivity contribution in [2.24, 2.45) is 7.05 Å². The zero-order chi connectivity index (χ0) is 21.1. The van der Waals surface area contributed by atoms with Gasteiger partial charge in [0.1, 0.15) is 11.4 Å². The van der Waals surface area contributed by atoms with Crippen LogP contribution in [0.2, 0.25) is 0 Å². The Labute approximate surface area is 177 Å². The number of aromatic nitrogens is 2. The largest absolute Gasteiger partial charge is 0.497 e. The van der Waals surface area contributed by atoms with Crippen molar-refractivity contribution < 1.29 is 9.53 Å². The minimum Gasteiger partial charge on any atom is -0.497 e. The lowest BCUT2D eigenvalue weighted by molar-refractivity contribution is 0.0572. The summed E-state index contributed by atoms with van der Waals surface area (Å²) in [5.41, 5.74) is 3.69. The lowest BCUT2D eigenvalue weighted by atomic mass is 10.1. The first-order valence-electron chi connectivity index (χ1n) is 10.3. The van der Waals surface area contributed by atoms with Crippen LogP contribution in [0.1, 0.15) is 29.0 Å². The summed E-state index contributed by atoms with van der Waals surface area (Å²) < 4.78 is 6.90. The van der Waals surface area contributed by atoms with E-state index in [4.69, 9.17) is 4.74 Å². The number of methoxy groups -OCH3 is 1. The number of carbonyl (C=O) groups excluding carboxylic acids is 1. The molecule has 6 nitrogen and oxygen atoms in total. The molecule has 1 aliphatic rings. The monoisotopic (exact) mass is 404 g/mol. The molecule has 0 spiro atoms. The van der Waals surface area contributed by atoms with Crippen molar-refractivity contribution in [2.45, 2.75) is 13.0 Å². The molecule has 0 radical (unpaired) electrons. The summed E-state index contributed by atoms with van der Waals surface area (Å²) in [5.74, 6) is 0.838. The maximum Gasteiger partial charge on any atom is 0.272 e. The Kier molecular flexibility index (Phi) is 5.86. The molecule has 0 saturated carbocycles. The van der Waals surface area contributed by atoms with E-state index in [1.807, 2.05) is 48.3 Å². The molecule has 1 aromatic heterocycles. The molecular weight excluding hydrogens is 376 g/mol. The molecule has 1 atom stereocenters. The number of rotatable bonds is 5. The first kappa shape index (κ1) is 20.2. The number of aryl methyl sites for hydroxylation is 1. The summed E-state index contributed by atoms with van der Waals surface area (Å²) in [6.07, 6.45) is 0. The molecule has 1 saturated heterocycles. The van der Waals surface area contributed by atoms with Crippen LogP contribution in [0.3, 0.4) is 0 Å². The third-order valence-corrected chi connectivity index (χ3v) is 5.92. The fraction of sp³-hybridized carbons (Fsp3) is 0.333. The average molecular weight is 405 g/mol. The van der Waals surface area contributed by atoms with Gasteiger partial charge >= 0.3 is 0 Å². The van der Waals surface area contributed by atoms with E-state index in [9.17, 15) is 4.79 Å². The molecule has 156 valence electrons. The van der Waals surface area contributed by atoms with Crippen LogP contribution in [-0.2, 0) is 7.05 Å². The van der Waals surface area contributed by atoms with Gasteiger partial charge in [0.2, 0.25) is 0 Å². The summed E-state index contributed by atoms with van der Waals surface area (Å²) >= 11 is 0. The molecule has 4 rings (SSSR count). The summed E-state index contributed by atoms with van der Waals surface area (Å²) in [5, 5.41) is 4.55. The van der Waals surface area contributed by atoms with Gasteiger partial charge in [0.25, 0.3) is 5.91 Å². The second-order valence-electron chi connectivity index (χ2n) is 7.68. The van der Waals surface area contributed by atoms with Gasteiger partial charge < -0.3 is 9.64 Å². The van der Waals surface area contributed by atoms with Crippen molar-refractivity contribution in [3.05, 3.63) is 71.9 Å². The molecule has 3 aromatic rings. The highest BCUT2D eigenvalue weighted by atomic mass is 16.5. The topological polar surface area (TPSA) is 50.6 Å². The summed E-state index contributed by atoms with van der Waals surface area (Å²) in [6.45, 7) is 5.41. The van der Waals surface area contributed by atoms with Crippen LogP contribution in [0.15, 0.2) is 60.7 Å². The number of carbonyl (C=O) groups is 1. The Hall–Kier alpha value is -3.12. The van der Waals surface area contributed by atoms with E-state index in [1.54, 1.807) is 11.8 Å². The highest BCUT2D eigenvalue weighted by Crippen LogP contribution is 2.24. The van der Waals surface area contributed by atoms with E-state index in [-0.39, 0.29) is 5.91 Å². The fourth-order valence-electron chi connectivity index (χ4n) is 3.99. The Morgan fingerprint density at radius 3 is 2.30 bits per heavy atom. The number of hydrogen-bond donors (Lipinski definition) is 0. The van der Waals surface area contributed by atoms with Gasteiger partial charge in [-0.1, -0.05) is 30.3 Å². The van der Waals surface area contributed by atoms with Crippen LogP contribution in [0.4, 0.5) is 0 Å².